The predicted molar refractivity (Wildman–Crippen MR) is 129 cm³/mol. The third-order valence-electron chi connectivity index (χ3n) is 5.12. The zero-order valence-electron chi connectivity index (χ0n) is 17.8. The van der Waals surface area contributed by atoms with Crippen molar-refractivity contribution in [1.29, 1.82) is 0 Å². The van der Waals surface area contributed by atoms with E-state index in [1.165, 1.54) is 12.1 Å². The van der Waals surface area contributed by atoms with E-state index in [-0.39, 0.29) is 35.8 Å². The molecular weight excluding hydrogens is 528 g/mol. The van der Waals surface area contributed by atoms with Gasteiger partial charge >= 0.3 is 0 Å². The van der Waals surface area contributed by atoms with Gasteiger partial charge in [0.2, 0.25) is 5.82 Å². The number of benzene rings is 1. The van der Waals surface area contributed by atoms with Crippen molar-refractivity contribution >= 4 is 29.9 Å². The molecular formula is C21H27FIN7O2. The Labute approximate surface area is 202 Å². The summed E-state index contributed by atoms with van der Waals surface area (Å²) >= 11 is 0. The molecule has 1 saturated heterocycles. The fourth-order valence-electron chi connectivity index (χ4n) is 3.50. The normalized spacial score (nSPS) is 15.8. The number of ether oxygens (including phenoxy) is 1. The molecule has 11 heteroatoms. The van der Waals surface area contributed by atoms with Crippen LogP contribution in [0.5, 0.6) is 0 Å². The van der Waals surface area contributed by atoms with E-state index in [2.05, 4.69) is 35.7 Å². The Morgan fingerprint density at radius 2 is 2.00 bits per heavy atom. The number of hydrogen-bond acceptors (Lipinski definition) is 6. The minimum absolute atomic E-state index is 0. The van der Waals surface area contributed by atoms with Gasteiger partial charge < -0.3 is 19.8 Å². The molecule has 0 spiro atoms. The van der Waals surface area contributed by atoms with Gasteiger partial charge in [0.25, 0.3) is 0 Å². The van der Waals surface area contributed by atoms with Crippen molar-refractivity contribution in [3.05, 3.63) is 59.9 Å². The van der Waals surface area contributed by atoms with Crippen molar-refractivity contribution in [2.24, 2.45) is 4.99 Å². The second-order valence-electron chi connectivity index (χ2n) is 7.11. The van der Waals surface area contributed by atoms with Crippen LogP contribution in [0.1, 0.15) is 17.4 Å². The first kappa shape index (κ1) is 24.1. The van der Waals surface area contributed by atoms with Crippen molar-refractivity contribution in [2.45, 2.75) is 12.6 Å². The highest BCUT2D eigenvalue weighted by molar-refractivity contribution is 14.0. The summed E-state index contributed by atoms with van der Waals surface area (Å²) in [7, 11) is 1.71. The van der Waals surface area contributed by atoms with Crippen LogP contribution in [0, 0.1) is 5.82 Å². The van der Waals surface area contributed by atoms with Crippen molar-refractivity contribution < 1.29 is 13.5 Å². The van der Waals surface area contributed by atoms with E-state index in [1.807, 2.05) is 18.2 Å². The smallest absolute Gasteiger partial charge is 0.216 e. The zero-order chi connectivity index (χ0) is 21.5. The summed E-state index contributed by atoms with van der Waals surface area (Å²) in [5, 5.41) is 13.7. The summed E-state index contributed by atoms with van der Waals surface area (Å²) in [6.07, 6.45) is 1.58. The second kappa shape index (κ2) is 11.9. The molecule has 1 fully saturated rings. The number of nitrogens with zero attached hydrogens (tertiary/aromatic N) is 4. The van der Waals surface area contributed by atoms with Gasteiger partial charge in [-0.3, -0.25) is 15.0 Å². The van der Waals surface area contributed by atoms with E-state index in [4.69, 9.17) is 9.15 Å². The van der Waals surface area contributed by atoms with Crippen LogP contribution in [-0.2, 0) is 11.3 Å². The Kier molecular flexibility index (Phi) is 9.00. The topological polar surface area (TPSA) is 104 Å². The van der Waals surface area contributed by atoms with E-state index in [9.17, 15) is 4.39 Å². The molecule has 1 aliphatic heterocycles. The molecule has 2 aromatic heterocycles. The number of hydrogen-bond donors (Lipinski definition) is 3. The summed E-state index contributed by atoms with van der Waals surface area (Å²) in [6, 6.07) is 10.3. The number of morpholine rings is 1. The fraction of sp³-hybridized carbons (Fsp3) is 0.381. The summed E-state index contributed by atoms with van der Waals surface area (Å²) in [5.41, 5.74) is 1.05. The Hall–Kier alpha value is -2.51. The molecule has 0 aliphatic carbocycles. The molecule has 0 radical (unpaired) electrons. The number of furan rings is 1. The minimum Gasteiger partial charge on any atom is -0.461 e. The van der Waals surface area contributed by atoms with Gasteiger partial charge in [0.05, 0.1) is 32.1 Å². The average Bonchev–Trinajstić information content (AvgIpc) is 3.50. The third-order valence-corrected chi connectivity index (χ3v) is 5.12. The highest BCUT2D eigenvalue weighted by Gasteiger charge is 2.23. The lowest BCUT2D eigenvalue weighted by Gasteiger charge is -2.35. The summed E-state index contributed by atoms with van der Waals surface area (Å²) in [6.45, 7) is 4.06. The van der Waals surface area contributed by atoms with Crippen molar-refractivity contribution in [1.82, 2.24) is 30.7 Å². The van der Waals surface area contributed by atoms with E-state index < -0.39 is 0 Å². The van der Waals surface area contributed by atoms with Gasteiger partial charge in [-0.15, -0.1) is 29.1 Å². The van der Waals surface area contributed by atoms with Gasteiger partial charge in [-0.1, -0.05) is 12.1 Å². The number of aliphatic imine (C=N–C) groups is 1. The van der Waals surface area contributed by atoms with E-state index in [0.29, 0.717) is 49.7 Å². The van der Waals surface area contributed by atoms with Crippen molar-refractivity contribution in [3.63, 3.8) is 0 Å². The van der Waals surface area contributed by atoms with E-state index >= 15 is 0 Å². The number of nitrogens with one attached hydrogen (secondary N) is 3. The lowest BCUT2D eigenvalue weighted by atomic mass is 10.0. The molecule has 0 bridgehead atoms. The van der Waals surface area contributed by atoms with Gasteiger partial charge in [-0.25, -0.2) is 9.37 Å². The Balaban J connectivity index is 0.00000289. The first-order valence-electron chi connectivity index (χ1n) is 10.2. The van der Waals surface area contributed by atoms with Gasteiger partial charge in [-0.2, -0.15) is 0 Å². The monoisotopic (exact) mass is 555 g/mol. The van der Waals surface area contributed by atoms with Gasteiger partial charge in [0.1, 0.15) is 11.6 Å². The predicted octanol–water partition coefficient (Wildman–Crippen LogP) is 2.56. The maximum atomic E-state index is 13.4. The fourth-order valence-corrected chi connectivity index (χ4v) is 3.50. The van der Waals surface area contributed by atoms with Crippen LogP contribution in [0.2, 0.25) is 0 Å². The Morgan fingerprint density at radius 3 is 2.69 bits per heavy atom. The average molecular weight is 555 g/mol. The maximum Gasteiger partial charge on any atom is 0.216 e. The highest BCUT2D eigenvalue weighted by Crippen LogP contribution is 2.21. The molecule has 1 atom stereocenters. The number of halogens is 2. The SMILES string of the molecule is CN=C(NCc1nc(-c2ccco2)n[nH]1)NCC(c1ccc(F)cc1)N1CCOCC1.I. The molecule has 1 unspecified atom stereocenters. The Bertz CT molecular complexity index is 972. The van der Waals surface area contributed by atoms with E-state index in [1.54, 1.807) is 19.4 Å². The summed E-state index contributed by atoms with van der Waals surface area (Å²) < 4.78 is 24.2. The van der Waals surface area contributed by atoms with Crippen LogP contribution in [0.4, 0.5) is 4.39 Å². The molecule has 4 rings (SSSR count). The molecule has 3 N–H and O–H groups in total. The molecule has 0 amide bonds. The lowest BCUT2D eigenvalue weighted by molar-refractivity contribution is 0.0170. The van der Waals surface area contributed by atoms with Crippen LogP contribution in [0.3, 0.4) is 0 Å². The van der Waals surface area contributed by atoms with E-state index in [0.717, 1.165) is 18.7 Å². The van der Waals surface area contributed by atoms with Crippen LogP contribution in [-0.4, -0.2) is 65.9 Å². The van der Waals surface area contributed by atoms with Crippen LogP contribution in [0.15, 0.2) is 52.1 Å². The number of aromatic amines is 1. The molecule has 9 nitrogen and oxygen atoms in total. The largest absolute Gasteiger partial charge is 0.461 e. The first-order valence-corrected chi connectivity index (χ1v) is 10.2. The Morgan fingerprint density at radius 1 is 1.22 bits per heavy atom. The number of rotatable bonds is 7. The lowest BCUT2D eigenvalue weighted by Crippen LogP contribution is -2.46. The molecule has 172 valence electrons. The minimum atomic E-state index is -0.240. The summed E-state index contributed by atoms with van der Waals surface area (Å²) in [5.74, 6) is 2.18. The number of aromatic nitrogens is 3. The van der Waals surface area contributed by atoms with Crippen LogP contribution in [0.25, 0.3) is 11.6 Å². The molecule has 3 aromatic rings. The number of H-pyrrole nitrogens is 1. The molecule has 1 aliphatic rings. The van der Waals surface area contributed by atoms with Gasteiger partial charge in [-0.05, 0) is 29.8 Å². The standard InChI is InChI=1S/C21H26FN7O2.HI/c1-23-21(25-14-19-26-20(28-27-19)18-3-2-10-31-18)24-13-17(29-8-11-30-12-9-29)15-4-6-16(22)7-5-15;/h2-7,10,17H,8-9,11-14H2,1H3,(H2,23,24,25)(H,26,27,28);1H. The van der Waals surface area contributed by atoms with Crippen molar-refractivity contribution in [2.75, 3.05) is 39.9 Å². The zero-order valence-corrected chi connectivity index (χ0v) is 20.1. The van der Waals surface area contributed by atoms with Gasteiger partial charge in [0, 0.05) is 26.7 Å². The maximum absolute atomic E-state index is 13.4. The molecule has 3 heterocycles. The quantitative estimate of drug-likeness (QED) is 0.234. The molecule has 0 saturated carbocycles. The molecule has 1 aromatic carbocycles. The van der Waals surface area contributed by atoms with Crippen LogP contribution < -0.4 is 10.6 Å². The summed E-state index contributed by atoms with van der Waals surface area (Å²) in [4.78, 5) is 11.1. The molecule has 32 heavy (non-hydrogen) atoms. The van der Waals surface area contributed by atoms with Gasteiger partial charge in [0.15, 0.2) is 11.7 Å². The highest BCUT2D eigenvalue weighted by atomic mass is 127. The second-order valence-corrected chi connectivity index (χ2v) is 7.11. The number of guanidine groups is 1. The van der Waals surface area contributed by atoms with Crippen molar-refractivity contribution in [3.8, 4) is 11.6 Å². The first-order chi connectivity index (χ1) is 15.2. The van der Waals surface area contributed by atoms with Crippen LogP contribution >= 0.6 is 24.0 Å². The third kappa shape index (κ3) is 6.26.